The standard InChI is InChI=1S/C19H13F4N3O3/c1-18(28,10-29-13-5-3-11(9-24)15(20)8-13)17(27)26-12-4-6-16(25-2)14(7-12)19(21,22)23/h3-8,28H,10H2,1H3,(H,26,27). The zero-order valence-electron chi connectivity index (χ0n) is 14.8. The number of carbonyl (C=O) groups excluding carboxylic acids is 1. The van der Waals surface area contributed by atoms with Gasteiger partial charge in [0, 0.05) is 11.8 Å². The van der Waals surface area contributed by atoms with Crippen LogP contribution in [0.2, 0.25) is 0 Å². The lowest BCUT2D eigenvalue weighted by atomic mass is 10.1. The number of benzene rings is 2. The van der Waals surface area contributed by atoms with E-state index in [1.54, 1.807) is 6.07 Å². The molecule has 1 atom stereocenters. The van der Waals surface area contributed by atoms with Crippen LogP contribution in [-0.2, 0) is 11.0 Å². The molecule has 0 aliphatic carbocycles. The van der Waals surface area contributed by atoms with Crippen molar-refractivity contribution in [3.63, 3.8) is 0 Å². The summed E-state index contributed by atoms with van der Waals surface area (Å²) in [7, 11) is 0. The normalized spacial score (nSPS) is 13.0. The molecule has 2 N–H and O–H groups in total. The second-order valence-corrected chi connectivity index (χ2v) is 6.11. The lowest BCUT2D eigenvalue weighted by molar-refractivity contribution is -0.137. The van der Waals surface area contributed by atoms with Gasteiger partial charge in [-0.1, -0.05) is 6.07 Å². The first kappa shape index (κ1) is 21.7. The number of nitriles is 1. The number of hydrogen-bond donors (Lipinski definition) is 2. The van der Waals surface area contributed by atoms with Crippen LogP contribution in [0.3, 0.4) is 0 Å². The van der Waals surface area contributed by atoms with Crippen molar-refractivity contribution in [2.24, 2.45) is 0 Å². The lowest BCUT2D eigenvalue weighted by Gasteiger charge is -2.23. The fourth-order valence-corrected chi connectivity index (χ4v) is 2.17. The van der Waals surface area contributed by atoms with E-state index in [0.29, 0.717) is 6.07 Å². The first-order valence-electron chi connectivity index (χ1n) is 7.93. The summed E-state index contributed by atoms with van der Waals surface area (Å²) < 4.78 is 57.7. The molecule has 2 rings (SSSR count). The summed E-state index contributed by atoms with van der Waals surface area (Å²) in [5.74, 6) is -1.99. The molecule has 10 heteroatoms. The van der Waals surface area contributed by atoms with Crippen LogP contribution in [0.1, 0.15) is 18.1 Å². The van der Waals surface area contributed by atoms with Crippen LogP contribution in [-0.4, -0.2) is 23.2 Å². The van der Waals surface area contributed by atoms with Crippen molar-refractivity contribution in [3.05, 3.63) is 64.8 Å². The number of alkyl halides is 3. The molecule has 0 aliphatic heterocycles. The molecule has 0 radical (unpaired) electrons. The van der Waals surface area contributed by atoms with Crippen molar-refractivity contribution in [3.8, 4) is 11.8 Å². The first-order valence-corrected chi connectivity index (χ1v) is 7.93. The number of anilines is 1. The van der Waals surface area contributed by atoms with Crippen LogP contribution >= 0.6 is 0 Å². The Balaban J connectivity index is 2.12. The zero-order valence-corrected chi connectivity index (χ0v) is 14.8. The molecule has 0 aliphatic rings. The van der Waals surface area contributed by atoms with E-state index >= 15 is 0 Å². The van der Waals surface area contributed by atoms with E-state index in [1.165, 1.54) is 6.07 Å². The minimum atomic E-state index is -4.80. The van der Waals surface area contributed by atoms with E-state index in [9.17, 15) is 27.5 Å². The Morgan fingerprint density at radius 1 is 1.31 bits per heavy atom. The Hall–Kier alpha value is -3.63. The molecule has 0 bridgehead atoms. The van der Waals surface area contributed by atoms with Gasteiger partial charge in [0.05, 0.1) is 17.7 Å². The van der Waals surface area contributed by atoms with Crippen molar-refractivity contribution in [1.82, 2.24) is 0 Å². The van der Waals surface area contributed by atoms with Crippen LogP contribution in [0.5, 0.6) is 5.75 Å². The third kappa shape index (κ3) is 5.21. The number of ether oxygens (including phenoxy) is 1. The van der Waals surface area contributed by atoms with Gasteiger partial charge in [0.2, 0.25) is 0 Å². The molecule has 6 nitrogen and oxygen atoms in total. The van der Waals surface area contributed by atoms with E-state index in [4.69, 9.17) is 16.6 Å². The van der Waals surface area contributed by atoms with E-state index in [1.807, 2.05) is 0 Å². The highest BCUT2D eigenvalue weighted by Crippen LogP contribution is 2.38. The highest BCUT2D eigenvalue weighted by molar-refractivity contribution is 5.97. The minimum absolute atomic E-state index is 0.0599. The molecule has 0 saturated carbocycles. The van der Waals surface area contributed by atoms with Gasteiger partial charge in [0.1, 0.15) is 24.2 Å². The average molecular weight is 407 g/mol. The predicted molar refractivity (Wildman–Crippen MR) is 93.6 cm³/mol. The number of nitrogens with zero attached hydrogens (tertiary/aromatic N) is 2. The Morgan fingerprint density at radius 2 is 2.00 bits per heavy atom. The number of hydrogen-bond acceptors (Lipinski definition) is 4. The van der Waals surface area contributed by atoms with Gasteiger partial charge in [0.25, 0.3) is 5.91 Å². The molecular formula is C19H13F4N3O3. The smallest absolute Gasteiger partial charge is 0.407 e. The van der Waals surface area contributed by atoms with E-state index in [-0.39, 0.29) is 17.0 Å². The van der Waals surface area contributed by atoms with Crippen LogP contribution in [0.15, 0.2) is 36.4 Å². The second-order valence-electron chi connectivity index (χ2n) is 6.11. The molecule has 29 heavy (non-hydrogen) atoms. The maximum Gasteiger partial charge on any atom is 0.407 e. The van der Waals surface area contributed by atoms with Crippen molar-refractivity contribution >= 4 is 17.3 Å². The highest BCUT2D eigenvalue weighted by Gasteiger charge is 2.35. The van der Waals surface area contributed by atoms with Crippen LogP contribution in [0.25, 0.3) is 4.85 Å². The fraction of sp³-hybridized carbons (Fsp3) is 0.211. The van der Waals surface area contributed by atoms with Gasteiger partial charge in [-0.15, -0.1) is 0 Å². The van der Waals surface area contributed by atoms with Gasteiger partial charge >= 0.3 is 6.18 Å². The maximum atomic E-state index is 13.6. The summed E-state index contributed by atoms with van der Waals surface area (Å²) in [4.78, 5) is 15.0. The third-order valence-corrected chi connectivity index (χ3v) is 3.75. The summed E-state index contributed by atoms with van der Waals surface area (Å²) in [5, 5.41) is 21.0. The number of carbonyl (C=O) groups is 1. The molecule has 0 fully saturated rings. The summed E-state index contributed by atoms with van der Waals surface area (Å²) in [6.07, 6.45) is -4.80. The maximum absolute atomic E-state index is 13.6. The van der Waals surface area contributed by atoms with Gasteiger partial charge in [-0.05, 0) is 31.2 Å². The molecule has 150 valence electrons. The Kier molecular flexibility index (Phi) is 6.10. The van der Waals surface area contributed by atoms with Crippen LogP contribution in [0, 0.1) is 23.7 Å². The Morgan fingerprint density at radius 3 is 2.55 bits per heavy atom. The quantitative estimate of drug-likeness (QED) is 0.579. The topological polar surface area (TPSA) is 86.7 Å². The molecule has 0 saturated heterocycles. The number of aliphatic hydroxyl groups is 1. The SMILES string of the molecule is [C-]#[N+]c1ccc(NC(=O)C(C)(O)COc2ccc(C#N)c(F)c2)cc1C(F)(F)F. The highest BCUT2D eigenvalue weighted by atomic mass is 19.4. The summed E-state index contributed by atoms with van der Waals surface area (Å²) in [6, 6.07) is 7.49. The molecule has 0 heterocycles. The molecule has 0 spiro atoms. The average Bonchev–Trinajstić information content (AvgIpc) is 2.65. The Labute approximate surface area is 162 Å². The minimum Gasteiger partial charge on any atom is -0.490 e. The molecule has 2 aromatic carbocycles. The summed E-state index contributed by atoms with van der Waals surface area (Å²) in [5.41, 5.74) is -4.53. The monoisotopic (exact) mass is 407 g/mol. The number of amides is 1. The van der Waals surface area contributed by atoms with Crippen molar-refractivity contribution in [2.75, 3.05) is 11.9 Å². The van der Waals surface area contributed by atoms with Gasteiger partial charge in [-0.25, -0.2) is 9.24 Å². The number of halogens is 4. The lowest BCUT2D eigenvalue weighted by Crippen LogP contribution is -2.45. The Bertz CT molecular complexity index is 1020. The van der Waals surface area contributed by atoms with Gasteiger partial charge < -0.3 is 15.2 Å². The van der Waals surface area contributed by atoms with E-state index in [2.05, 4.69) is 10.2 Å². The molecule has 1 amide bonds. The summed E-state index contributed by atoms with van der Waals surface area (Å²) >= 11 is 0. The summed E-state index contributed by atoms with van der Waals surface area (Å²) in [6.45, 7) is 7.20. The van der Waals surface area contributed by atoms with Gasteiger partial charge in [-0.3, -0.25) is 4.79 Å². The molecule has 2 aromatic rings. The van der Waals surface area contributed by atoms with Crippen molar-refractivity contribution in [2.45, 2.75) is 18.7 Å². The van der Waals surface area contributed by atoms with Crippen molar-refractivity contribution < 1.29 is 32.2 Å². The molecule has 0 aromatic heterocycles. The van der Waals surface area contributed by atoms with E-state index < -0.39 is 41.4 Å². The van der Waals surface area contributed by atoms with Crippen LogP contribution < -0.4 is 10.1 Å². The largest absolute Gasteiger partial charge is 0.490 e. The van der Waals surface area contributed by atoms with Gasteiger partial charge in [0.15, 0.2) is 11.3 Å². The predicted octanol–water partition coefficient (Wildman–Crippen LogP) is 4.04. The van der Waals surface area contributed by atoms with E-state index in [0.717, 1.165) is 31.2 Å². The molecular weight excluding hydrogens is 394 g/mol. The number of rotatable bonds is 5. The number of nitrogens with one attached hydrogen (secondary N) is 1. The first-order chi connectivity index (χ1) is 13.5. The fourth-order valence-electron chi connectivity index (χ4n) is 2.17. The zero-order chi connectivity index (χ0) is 21.8. The third-order valence-electron chi connectivity index (χ3n) is 3.75. The second kappa shape index (κ2) is 8.17. The van der Waals surface area contributed by atoms with Crippen molar-refractivity contribution in [1.29, 1.82) is 5.26 Å². The van der Waals surface area contributed by atoms with Crippen LogP contribution in [0.4, 0.5) is 28.9 Å². The molecule has 1 unspecified atom stereocenters. The van der Waals surface area contributed by atoms with Gasteiger partial charge in [-0.2, -0.15) is 18.4 Å².